The van der Waals surface area contributed by atoms with E-state index in [1.807, 2.05) is 0 Å². The first-order valence-corrected chi connectivity index (χ1v) is 14.6. The molecule has 0 fully saturated rings. The quantitative estimate of drug-likeness (QED) is 0.149. The number of aromatic nitrogens is 3. The zero-order valence-electron chi connectivity index (χ0n) is 20.0. The van der Waals surface area contributed by atoms with Crippen LogP contribution >= 0.6 is 23.2 Å². The molecule has 0 amide bonds. The van der Waals surface area contributed by atoms with Crippen LogP contribution in [0.3, 0.4) is 0 Å². The standard InChI is InChI=1S/C23H14Cl2N6O8S2/c24-21-29-22(25)31-23(30-21)28-11-7-5-10(6-8-11)27-14-9-15(40(34,35)36)20(41(37,38)39-26)17-16(14)18(32)12-3-1-2-4-13(12)19(17)33/h1-9,27H,26H2,(H,34,35,36)(H,28,29,30,31). The average Bonchev–Trinajstić information content (AvgIpc) is 2.91. The van der Waals surface area contributed by atoms with Gasteiger partial charge in [-0.3, -0.25) is 14.1 Å². The van der Waals surface area contributed by atoms with Crippen molar-refractivity contribution in [3.05, 3.63) is 87.4 Å². The molecule has 1 aliphatic rings. The molecule has 0 unspecified atom stereocenters. The molecule has 41 heavy (non-hydrogen) atoms. The van der Waals surface area contributed by atoms with Crippen molar-refractivity contribution >= 4 is 78.0 Å². The number of fused-ring (bicyclic) bond motifs is 2. The van der Waals surface area contributed by atoms with Crippen LogP contribution in [0.1, 0.15) is 31.8 Å². The van der Waals surface area contributed by atoms with Crippen molar-refractivity contribution < 1.29 is 35.3 Å². The molecule has 5 N–H and O–H groups in total. The third kappa shape index (κ3) is 5.36. The van der Waals surface area contributed by atoms with E-state index in [2.05, 4.69) is 29.9 Å². The molecule has 0 saturated heterocycles. The fourth-order valence-corrected chi connectivity index (χ4v) is 6.57. The molecule has 0 spiro atoms. The molecule has 4 aromatic rings. The molecule has 14 nitrogen and oxygen atoms in total. The predicted octanol–water partition coefficient (Wildman–Crippen LogP) is 3.27. The monoisotopic (exact) mass is 636 g/mol. The molecule has 1 aliphatic carbocycles. The maximum Gasteiger partial charge on any atom is 0.314 e. The lowest BCUT2D eigenvalue weighted by atomic mass is 9.83. The second-order valence-electron chi connectivity index (χ2n) is 8.26. The molecule has 18 heteroatoms. The van der Waals surface area contributed by atoms with Crippen LogP contribution in [-0.2, 0) is 24.5 Å². The summed E-state index contributed by atoms with van der Waals surface area (Å²) in [6.45, 7) is 0. The molecule has 0 saturated carbocycles. The van der Waals surface area contributed by atoms with Crippen molar-refractivity contribution in [2.45, 2.75) is 9.79 Å². The summed E-state index contributed by atoms with van der Waals surface area (Å²) < 4.78 is 64.1. The van der Waals surface area contributed by atoms with Gasteiger partial charge >= 0.3 is 10.1 Å². The molecule has 3 aromatic carbocycles. The predicted molar refractivity (Wildman–Crippen MR) is 145 cm³/mol. The van der Waals surface area contributed by atoms with Crippen molar-refractivity contribution in [2.75, 3.05) is 10.6 Å². The Kier molecular flexibility index (Phi) is 7.24. The molecule has 0 aliphatic heterocycles. The van der Waals surface area contributed by atoms with Crippen molar-refractivity contribution in [3.63, 3.8) is 0 Å². The van der Waals surface area contributed by atoms with Crippen LogP contribution in [0.2, 0.25) is 10.6 Å². The number of ketones is 2. The summed E-state index contributed by atoms with van der Waals surface area (Å²) >= 11 is 11.6. The lowest BCUT2D eigenvalue weighted by Gasteiger charge is -2.24. The Labute approximate surface area is 241 Å². The molecule has 1 aromatic heterocycles. The van der Waals surface area contributed by atoms with Gasteiger partial charge in [0, 0.05) is 22.5 Å². The highest BCUT2D eigenvalue weighted by molar-refractivity contribution is 7.89. The first-order chi connectivity index (χ1) is 19.3. The highest BCUT2D eigenvalue weighted by atomic mass is 35.5. The van der Waals surface area contributed by atoms with E-state index in [1.54, 1.807) is 0 Å². The normalized spacial score (nSPS) is 13.0. The van der Waals surface area contributed by atoms with E-state index in [0.29, 0.717) is 11.8 Å². The van der Waals surface area contributed by atoms with Gasteiger partial charge in [0.25, 0.3) is 10.1 Å². The number of hydrogen-bond acceptors (Lipinski definition) is 13. The fourth-order valence-electron chi connectivity index (χ4n) is 4.13. The van der Waals surface area contributed by atoms with E-state index in [-0.39, 0.29) is 39.0 Å². The third-order valence-electron chi connectivity index (χ3n) is 5.77. The lowest BCUT2D eigenvalue weighted by molar-refractivity contribution is 0.0976. The lowest BCUT2D eigenvalue weighted by Crippen LogP contribution is -2.28. The maximum absolute atomic E-state index is 13.6. The maximum atomic E-state index is 13.6. The van der Waals surface area contributed by atoms with Gasteiger partial charge in [0.1, 0.15) is 9.79 Å². The minimum Gasteiger partial charge on any atom is -0.355 e. The second kappa shape index (κ2) is 10.4. The molecule has 0 atom stereocenters. The first kappa shape index (κ1) is 28.5. The Morgan fingerprint density at radius 3 is 1.80 bits per heavy atom. The molecule has 5 rings (SSSR count). The second-order valence-corrected chi connectivity index (χ2v) is 11.8. The summed E-state index contributed by atoms with van der Waals surface area (Å²) in [5.41, 5.74) is -1.14. The number of carbonyl (C=O) groups is 2. The molecule has 210 valence electrons. The highest BCUT2D eigenvalue weighted by Crippen LogP contribution is 2.41. The van der Waals surface area contributed by atoms with Gasteiger partial charge < -0.3 is 10.6 Å². The summed E-state index contributed by atoms with van der Waals surface area (Å²) in [4.78, 5) is 36.0. The topological polar surface area (TPSA) is 221 Å². The zero-order chi connectivity index (χ0) is 29.7. The van der Waals surface area contributed by atoms with E-state index >= 15 is 0 Å². The molecule has 1 heterocycles. The van der Waals surface area contributed by atoms with Crippen LogP contribution in [0.4, 0.5) is 23.0 Å². The van der Waals surface area contributed by atoms with Crippen molar-refractivity contribution in [2.24, 2.45) is 5.90 Å². The van der Waals surface area contributed by atoms with Crippen LogP contribution in [-0.4, -0.2) is 47.9 Å². The number of hydrogen-bond donors (Lipinski definition) is 4. The Bertz CT molecular complexity index is 1970. The summed E-state index contributed by atoms with van der Waals surface area (Å²) in [6.07, 6.45) is 0. The number of benzene rings is 3. The van der Waals surface area contributed by atoms with Gasteiger partial charge in [-0.2, -0.15) is 42.0 Å². The van der Waals surface area contributed by atoms with E-state index < -0.39 is 52.7 Å². The number of halogens is 2. The number of nitrogens with two attached hydrogens (primary N) is 1. The number of nitrogens with zero attached hydrogens (tertiary/aromatic N) is 3. The molecule has 0 bridgehead atoms. The van der Waals surface area contributed by atoms with Crippen LogP contribution in [0.5, 0.6) is 0 Å². The Morgan fingerprint density at radius 1 is 0.780 bits per heavy atom. The van der Waals surface area contributed by atoms with Gasteiger partial charge in [-0.15, -0.1) is 0 Å². The van der Waals surface area contributed by atoms with Crippen LogP contribution in [0, 0.1) is 0 Å². The molecular formula is C23H14Cl2N6O8S2. The van der Waals surface area contributed by atoms with Crippen molar-refractivity contribution in [1.82, 2.24) is 15.0 Å². The SMILES string of the molecule is NOS(=O)(=O)c1c(S(=O)(=O)O)cc(Nc2ccc(Nc3nc(Cl)nc(Cl)n3)cc2)c2c1C(=O)c1ccccc1C2=O. The Balaban J connectivity index is 1.66. The minimum atomic E-state index is -5.31. The van der Waals surface area contributed by atoms with Crippen molar-refractivity contribution in [1.29, 1.82) is 0 Å². The highest BCUT2D eigenvalue weighted by Gasteiger charge is 2.41. The smallest absolute Gasteiger partial charge is 0.314 e. The summed E-state index contributed by atoms with van der Waals surface area (Å²) in [6, 6.07) is 12.3. The van der Waals surface area contributed by atoms with Crippen LogP contribution < -0.4 is 16.5 Å². The van der Waals surface area contributed by atoms with Gasteiger partial charge in [-0.05, 0) is 53.5 Å². The van der Waals surface area contributed by atoms with Gasteiger partial charge in [0.15, 0.2) is 11.6 Å². The number of nitrogens with one attached hydrogen (secondary N) is 2. The van der Waals surface area contributed by atoms with Gasteiger partial charge in [0.2, 0.25) is 16.5 Å². The fraction of sp³-hybridized carbons (Fsp3) is 0. The molecular weight excluding hydrogens is 623 g/mol. The average molecular weight is 637 g/mol. The van der Waals surface area contributed by atoms with E-state index in [9.17, 15) is 31.0 Å². The third-order valence-corrected chi connectivity index (χ3v) is 8.29. The van der Waals surface area contributed by atoms with Crippen LogP contribution in [0.25, 0.3) is 0 Å². The number of carbonyl (C=O) groups excluding carboxylic acids is 2. The summed E-state index contributed by atoms with van der Waals surface area (Å²) in [7, 11) is -10.5. The summed E-state index contributed by atoms with van der Waals surface area (Å²) in [5, 5.41) is 5.37. The molecule has 0 radical (unpaired) electrons. The zero-order valence-corrected chi connectivity index (χ0v) is 23.1. The Morgan fingerprint density at radius 2 is 1.29 bits per heavy atom. The van der Waals surface area contributed by atoms with Crippen LogP contribution in [0.15, 0.2) is 64.4 Å². The van der Waals surface area contributed by atoms with Crippen molar-refractivity contribution in [3.8, 4) is 0 Å². The minimum absolute atomic E-state index is 0.0456. The van der Waals surface area contributed by atoms with Gasteiger partial charge in [-0.25, -0.2) is 0 Å². The van der Waals surface area contributed by atoms with Gasteiger partial charge in [0.05, 0.1) is 16.8 Å². The Hall–Kier alpha value is -4.03. The summed E-state index contributed by atoms with van der Waals surface area (Å²) in [5.74, 6) is 3.14. The van der Waals surface area contributed by atoms with E-state index in [1.165, 1.54) is 48.5 Å². The largest absolute Gasteiger partial charge is 0.355 e. The van der Waals surface area contributed by atoms with E-state index in [4.69, 9.17) is 29.1 Å². The van der Waals surface area contributed by atoms with Gasteiger partial charge in [-0.1, -0.05) is 24.3 Å². The first-order valence-electron chi connectivity index (χ1n) is 11.0. The number of rotatable bonds is 7. The van der Waals surface area contributed by atoms with E-state index in [0.717, 1.165) is 0 Å². The number of anilines is 4.